The summed E-state index contributed by atoms with van der Waals surface area (Å²) in [4.78, 5) is 9.44. The summed E-state index contributed by atoms with van der Waals surface area (Å²) in [5.74, 6) is 2.21. The lowest BCUT2D eigenvalue weighted by Crippen LogP contribution is -2.01. The van der Waals surface area contributed by atoms with Crippen LogP contribution >= 0.6 is 0 Å². The Kier molecular flexibility index (Phi) is 2.50. The van der Waals surface area contributed by atoms with Crippen LogP contribution in [-0.4, -0.2) is 31.8 Å². The summed E-state index contributed by atoms with van der Waals surface area (Å²) >= 11 is 0. The molecule has 6 heteroatoms. The summed E-state index contributed by atoms with van der Waals surface area (Å²) in [5.41, 5.74) is 3.83. The van der Waals surface area contributed by atoms with Crippen LogP contribution in [0.5, 0.6) is 5.88 Å². The maximum Gasteiger partial charge on any atom is 0.215 e. The number of benzene rings is 1. The Labute approximate surface area is 132 Å². The molecule has 0 aliphatic heterocycles. The van der Waals surface area contributed by atoms with Crippen molar-refractivity contribution in [2.75, 3.05) is 7.11 Å². The number of H-pyrrole nitrogens is 1. The average Bonchev–Trinajstić information content (AvgIpc) is 3.20. The Morgan fingerprint density at radius 1 is 1.17 bits per heavy atom. The van der Waals surface area contributed by atoms with E-state index in [1.807, 2.05) is 24.4 Å². The number of imidazole rings is 1. The first-order chi connectivity index (χ1) is 11.3. The molecule has 5 rings (SSSR count). The normalized spacial score (nSPS) is 14.7. The molecule has 1 fully saturated rings. The molecule has 3 aromatic heterocycles. The number of methoxy groups -OCH3 is 1. The van der Waals surface area contributed by atoms with Crippen LogP contribution in [0.4, 0.5) is 0 Å². The highest BCUT2D eigenvalue weighted by Gasteiger charge is 2.30. The first-order valence-electron chi connectivity index (χ1n) is 7.70. The summed E-state index contributed by atoms with van der Waals surface area (Å²) in [6.45, 7) is 0. The van der Waals surface area contributed by atoms with Crippen LogP contribution in [0.1, 0.15) is 24.6 Å². The van der Waals surface area contributed by atoms with E-state index in [0.29, 0.717) is 11.8 Å². The number of ether oxygens (including phenoxy) is 1. The molecule has 3 heterocycles. The molecule has 114 valence electrons. The molecule has 1 N–H and O–H groups in total. The minimum Gasteiger partial charge on any atom is -0.481 e. The highest BCUT2D eigenvalue weighted by atomic mass is 16.5. The number of aromatic nitrogens is 5. The Bertz CT molecular complexity index is 1030. The van der Waals surface area contributed by atoms with E-state index in [-0.39, 0.29) is 0 Å². The van der Waals surface area contributed by atoms with Gasteiger partial charge in [-0.15, -0.1) is 0 Å². The lowest BCUT2D eigenvalue weighted by Gasteiger charge is -2.08. The van der Waals surface area contributed by atoms with Crippen molar-refractivity contribution < 1.29 is 4.74 Å². The van der Waals surface area contributed by atoms with Crippen molar-refractivity contribution in [2.45, 2.75) is 18.8 Å². The molecule has 0 amide bonds. The summed E-state index contributed by atoms with van der Waals surface area (Å²) in [6.07, 6.45) is 4.21. The van der Waals surface area contributed by atoms with Gasteiger partial charge in [0.1, 0.15) is 11.3 Å². The molecular weight excluding hydrogens is 290 g/mol. The third kappa shape index (κ3) is 1.91. The molecule has 0 spiro atoms. The fourth-order valence-corrected chi connectivity index (χ4v) is 3.01. The number of nitrogens with zero attached hydrogens (tertiary/aromatic N) is 4. The molecule has 0 saturated heterocycles. The molecule has 1 aliphatic rings. The van der Waals surface area contributed by atoms with E-state index >= 15 is 0 Å². The lowest BCUT2D eigenvalue weighted by molar-refractivity contribution is 0.399. The van der Waals surface area contributed by atoms with Crippen molar-refractivity contribution in [3.8, 4) is 11.6 Å². The van der Waals surface area contributed by atoms with Gasteiger partial charge in [-0.1, -0.05) is 0 Å². The zero-order chi connectivity index (χ0) is 15.4. The second kappa shape index (κ2) is 4.55. The summed E-state index contributed by atoms with van der Waals surface area (Å²) < 4.78 is 7.44. The smallest absolute Gasteiger partial charge is 0.215 e. The highest BCUT2D eigenvalue weighted by Crippen LogP contribution is 2.41. The third-order valence-corrected chi connectivity index (χ3v) is 4.34. The maximum absolute atomic E-state index is 5.29. The van der Waals surface area contributed by atoms with Gasteiger partial charge in [-0.05, 0) is 37.1 Å². The van der Waals surface area contributed by atoms with Gasteiger partial charge in [-0.2, -0.15) is 10.1 Å². The highest BCUT2D eigenvalue weighted by molar-refractivity contribution is 5.82. The third-order valence-electron chi connectivity index (χ3n) is 4.34. The second-order valence-electron chi connectivity index (χ2n) is 5.92. The summed E-state index contributed by atoms with van der Waals surface area (Å²) in [6, 6.07) is 10.1. The van der Waals surface area contributed by atoms with Gasteiger partial charge in [0.2, 0.25) is 5.88 Å². The number of pyridine rings is 1. The lowest BCUT2D eigenvalue weighted by atomic mass is 10.2. The van der Waals surface area contributed by atoms with E-state index in [0.717, 1.165) is 33.6 Å². The molecule has 1 aromatic carbocycles. The standard InChI is InChI=1S/C17H15N5O/c1-23-15-7-6-14-17(20-15)22(16(19-14)10-2-3-10)12-4-5-13-11(8-12)9-18-21-13/h4-10H,2-3H2,1H3,(H,18,21). The molecule has 0 bridgehead atoms. The van der Waals surface area contributed by atoms with E-state index in [1.54, 1.807) is 7.11 Å². The van der Waals surface area contributed by atoms with E-state index in [9.17, 15) is 0 Å². The largest absolute Gasteiger partial charge is 0.481 e. The Balaban J connectivity index is 1.81. The van der Waals surface area contributed by atoms with E-state index < -0.39 is 0 Å². The Morgan fingerprint density at radius 2 is 2.09 bits per heavy atom. The molecule has 1 aliphatic carbocycles. The van der Waals surface area contributed by atoms with Crippen molar-refractivity contribution >= 4 is 22.1 Å². The minimum absolute atomic E-state index is 0.523. The van der Waals surface area contributed by atoms with Crippen molar-refractivity contribution in [1.29, 1.82) is 0 Å². The molecule has 6 nitrogen and oxygen atoms in total. The Morgan fingerprint density at radius 3 is 2.91 bits per heavy atom. The van der Waals surface area contributed by atoms with Gasteiger partial charge in [0.05, 0.1) is 18.8 Å². The SMILES string of the molecule is COc1ccc2nc(C3CC3)n(-c3ccc4[nH]ncc4c3)c2n1. The van der Waals surface area contributed by atoms with Gasteiger partial charge in [0.15, 0.2) is 5.65 Å². The molecule has 0 atom stereocenters. The van der Waals surface area contributed by atoms with Gasteiger partial charge in [0.25, 0.3) is 0 Å². The van der Waals surface area contributed by atoms with Crippen LogP contribution in [0, 0.1) is 0 Å². The zero-order valence-electron chi connectivity index (χ0n) is 12.7. The minimum atomic E-state index is 0.523. The van der Waals surface area contributed by atoms with Crippen LogP contribution in [0.3, 0.4) is 0 Å². The van der Waals surface area contributed by atoms with Crippen molar-refractivity contribution in [1.82, 2.24) is 24.7 Å². The summed E-state index contributed by atoms with van der Waals surface area (Å²) in [5, 5.41) is 8.16. The number of hydrogen-bond donors (Lipinski definition) is 1. The monoisotopic (exact) mass is 305 g/mol. The van der Waals surface area contributed by atoms with Crippen LogP contribution in [0.2, 0.25) is 0 Å². The number of hydrogen-bond acceptors (Lipinski definition) is 4. The van der Waals surface area contributed by atoms with Crippen LogP contribution in [-0.2, 0) is 0 Å². The second-order valence-corrected chi connectivity index (χ2v) is 5.92. The van der Waals surface area contributed by atoms with Gasteiger partial charge in [0, 0.05) is 23.1 Å². The molecule has 23 heavy (non-hydrogen) atoms. The average molecular weight is 305 g/mol. The number of nitrogens with one attached hydrogen (secondary N) is 1. The molecular formula is C17H15N5O. The van der Waals surface area contributed by atoms with Gasteiger partial charge >= 0.3 is 0 Å². The predicted molar refractivity (Wildman–Crippen MR) is 87.0 cm³/mol. The van der Waals surface area contributed by atoms with Crippen molar-refractivity contribution in [3.63, 3.8) is 0 Å². The molecule has 0 unspecified atom stereocenters. The summed E-state index contributed by atoms with van der Waals surface area (Å²) in [7, 11) is 1.63. The van der Waals surface area contributed by atoms with Crippen LogP contribution < -0.4 is 4.74 Å². The Hall–Kier alpha value is -2.89. The quantitative estimate of drug-likeness (QED) is 0.631. The van der Waals surface area contributed by atoms with Gasteiger partial charge < -0.3 is 4.74 Å². The zero-order valence-corrected chi connectivity index (χ0v) is 12.7. The predicted octanol–water partition coefficient (Wildman–Crippen LogP) is 3.18. The first-order valence-corrected chi connectivity index (χ1v) is 7.70. The maximum atomic E-state index is 5.29. The molecule has 1 saturated carbocycles. The van der Waals surface area contributed by atoms with Gasteiger partial charge in [-0.25, -0.2) is 4.98 Å². The van der Waals surface area contributed by atoms with E-state index in [4.69, 9.17) is 9.72 Å². The molecule has 0 radical (unpaired) electrons. The van der Waals surface area contributed by atoms with Crippen molar-refractivity contribution in [3.05, 3.63) is 42.4 Å². The fourth-order valence-electron chi connectivity index (χ4n) is 3.01. The number of fused-ring (bicyclic) bond motifs is 2. The van der Waals surface area contributed by atoms with Crippen molar-refractivity contribution in [2.24, 2.45) is 0 Å². The first kappa shape index (κ1) is 12.6. The topological polar surface area (TPSA) is 68.6 Å². The number of aromatic amines is 1. The van der Waals surface area contributed by atoms with Crippen LogP contribution in [0.15, 0.2) is 36.5 Å². The van der Waals surface area contributed by atoms with E-state index in [2.05, 4.69) is 31.9 Å². The fraction of sp³-hybridized carbons (Fsp3) is 0.235. The van der Waals surface area contributed by atoms with E-state index in [1.165, 1.54) is 12.8 Å². The number of rotatable bonds is 3. The van der Waals surface area contributed by atoms with Crippen LogP contribution in [0.25, 0.3) is 27.8 Å². The van der Waals surface area contributed by atoms with Gasteiger partial charge in [-0.3, -0.25) is 9.67 Å². The molecule has 4 aromatic rings.